The minimum absolute atomic E-state index is 0.244. The van der Waals surface area contributed by atoms with Crippen molar-refractivity contribution in [1.82, 2.24) is 9.80 Å². The molecule has 106 valence electrons. The summed E-state index contributed by atoms with van der Waals surface area (Å²) in [5, 5.41) is 10.3. The molecule has 2 atom stereocenters. The van der Waals surface area contributed by atoms with Crippen LogP contribution in [0.5, 0.6) is 0 Å². The molecule has 1 aromatic carbocycles. The normalized spacial score (nSPS) is 23.5. The van der Waals surface area contributed by atoms with Crippen molar-refractivity contribution in [2.45, 2.75) is 32.5 Å². The van der Waals surface area contributed by atoms with E-state index in [0.29, 0.717) is 6.04 Å². The molecule has 0 radical (unpaired) electrons. The number of hydrogen-bond donors (Lipinski definition) is 1. The Bertz CT molecular complexity index is 411. The van der Waals surface area contributed by atoms with Crippen LogP contribution < -0.4 is 0 Å². The van der Waals surface area contributed by atoms with Crippen LogP contribution in [0.1, 0.15) is 19.4 Å². The molecule has 4 heteroatoms. The maximum absolute atomic E-state index is 9.45. The number of benzene rings is 1. The molecule has 1 fully saturated rings. The predicted molar refractivity (Wildman–Crippen MR) is 79.4 cm³/mol. The van der Waals surface area contributed by atoms with Crippen molar-refractivity contribution in [3.05, 3.63) is 34.9 Å². The lowest BCUT2D eigenvalue weighted by Crippen LogP contribution is -2.52. The Labute approximate surface area is 120 Å². The summed E-state index contributed by atoms with van der Waals surface area (Å²) in [6.07, 6.45) is -0.244. The average molecular weight is 283 g/mol. The van der Waals surface area contributed by atoms with E-state index in [-0.39, 0.29) is 6.10 Å². The molecule has 2 unspecified atom stereocenters. The van der Waals surface area contributed by atoms with Crippen LogP contribution in [0.25, 0.3) is 0 Å². The summed E-state index contributed by atoms with van der Waals surface area (Å²) in [6.45, 7) is 8.91. The molecule has 2 rings (SSSR count). The summed E-state index contributed by atoms with van der Waals surface area (Å²) >= 11 is 6.02. The molecule has 1 N–H and O–H groups in total. The van der Waals surface area contributed by atoms with Gasteiger partial charge < -0.3 is 5.11 Å². The van der Waals surface area contributed by atoms with Crippen LogP contribution in [0.4, 0.5) is 0 Å². The van der Waals surface area contributed by atoms with E-state index < -0.39 is 0 Å². The largest absolute Gasteiger partial charge is 0.392 e. The van der Waals surface area contributed by atoms with Gasteiger partial charge in [0, 0.05) is 43.8 Å². The van der Waals surface area contributed by atoms with E-state index in [1.54, 1.807) is 0 Å². The Morgan fingerprint density at radius 2 is 2.21 bits per heavy atom. The highest BCUT2D eigenvalue weighted by atomic mass is 35.5. The molecule has 1 aliphatic heterocycles. The Balaban J connectivity index is 1.89. The number of aliphatic hydroxyl groups is 1. The van der Waals surface area contributed by atoms with Gasteiger partial charge in [0.15, 0.2) is 0 Å². The summed E-state index contributed by atoms with van der Waals surface area (Å²) < 4.78 is 0. The lowest BCUT2D eigenvalue weighted by molar-refractivity contribution is 0.0472. The van der Waals surface area contributed by atoms with Crippen LogP contribution in [0.15, 0.2) is 24.3 Å². The lowest BCUT2D eigenvalue weighted by Gasteiger charge is -2.40. The second-order valence-corrected chi connectivity index (χ2v) is 5.99. The SMILES string of the molecule is CC(O)CN1CCN(Cc2cccc(Cl)c2)C(C)C1. The first kappa shape index (κ1) is 14.8. The minimum Gasteiger partial charge on any atom is -0.392 e. The van der Waals surface area contributed by atoms with E-state index >= 15 is 0 Å². The van der Waals surface area contributed by atoms with Crippen molar-refractivity contribution in [2.75, 3.05) is 26.2 Å². The highest BCUT2D eigenvalue weighted by Gasteiger charge is 2.24. The number of β-amino-alcohol motifs (C(OH)–C–C–N with tert-alkyl or cyclic N) is 1. The molecular weight excluding hydrogens is 260 g/mol. The van der Waals surface area contributed by atoms with Gasteiger partial charge in [-0.3, -0.25) is 9.80 Å². The maximum atomic E-state index is 9.45. The van der Waals surface area contributed by atoms with E-state index in [1.807, 2.05) is 25.1 Å². The van der Waals surface area contributed by atoms with Gasteiger partial charge in [0.05, 0.1) is 6.10 Å². The third kappa shape index (κ3) is 4.46. The van der Waals surface area contributed by atoms with E-state index in [2.05, 4.69) is 22.8 Å². The molecule has 0 aliphatic carbocycles. The molecule has 1 aromatic rings. The van der Waals surface area contributed by atoms with Gasteiger partial charge in [0.2, 0.25) is 0 Å². The van der Waals surface area contributed by atoms with E-state index in [9.17, 15) is 5.11 Å². The smallest absolute Gasteiger partial charge is 0.0639 e. The van der Waals surface area contributed by atoms with Crippen molar-refractivity contribution in [2.24, 2.45) is 0 Å². The summed E-state index contributed by atoms with van der Waals surface area (Å²) in [5.74, 6) is 0. The van der Waals surface area contributed by atoms with Crippen molar-refractivity contribution in [3.63, 3.8) is 0 Å². The van der Waals surface area contributed by atoms with Gasteiger partial charge >= 0.3 is 0 Å². The molecule has 1 aliphatic rings. The first-order chi connectivity index (χ1) is 9.04. The van der Waals surface area contributed by atoms with Crippen LogP contribution in [-0.4, -0.2) is 53.2 Å². The molecule has 1 saturated heterocycles. The van der Waals surface area contributed by atoms with E-state index in [4.69, 9.17) is 11.6 Å². The van der Waals surface area contributed by atoms with Gasteiger partial charge in [-0.15, -0.1) is 0 Å². The first-order valence-electron chi connectivity index (χ1n) is 6.93. The summed E-state index contributed by atoms with van der Waals surface area (Å²) in [7, 11) is 0. The molecular formula is C15H23ClN2O. The Morgan fingerprint density at radius 3 is 2.84 bits per heavy atom. The molecule has 0 saturated carbocycles. The van der Waals surface area contributed by atoms with Gasteiger partial charge in [-0.05, 0) is 31.5 Å². The van der Waals surface area contributed by atoms with E-state index in [1.165, 1.54) is 5.56 Å². The van der Waals surface area contributed by atoms with Crippen molar-refractivity contribution in [1.29, 1.82) is 0 Å². The first-order valence-corrected chi connectivity index (χ1v) is 7.31. The van der Waals surface area contributed by atoms with Gasteiger partial charge in [0.1, 0.15) is 0 Å². The highest BCUT2D eigenvalue weighted by Crippen LogP contribution is 2.17. The molecule has 0 bridgehead atoms. The third-order valence-electron chi connectivity index (χ3n) is 3.65. The van der Waals surface area contributed by atoms with Crippen molar-refractivity contribution >= 4 is 11.6 Å². The Hall–Kier alpha value is -0.610. The third-order valence-corrected chi connectivity index (χ3v) is 3.88. The fourth-order valence-corrected chi connectivity index (χ4v) is 2.93. The zero-order chi connectivity index (χ0) is 13.8. The monoisotopic (exact) mass is 282 g/mol. The van der Waals surface area contributed by atoms with Crippen molar-refractivity contribution in [3.8, 4) is 0 Å². The summed E-state index contributed by atoms with van der Waals surface area (Å²) in [4.78, 5) is 4.81. The highest BCUT2D eigenvalue weighted by molar-refractivity contribution is 6.30. The molecule has 1 heterocycles. The number of hydrogen-bond acceptors (Lipinski definition) is 3. The Kier molecular flexibility index (Phi) is 5.22. The fraction of sp³-hybridized carbons (Fsp3) is 0.600. The second kappa shape index (κ2) is 6.71. The molecule has 0 aromatic heterocycles. The fourth-order valence-electron chi connectivity index (χ4n) is 2.71. The topological polar surface area (TPSA) is 26.7 Å². The number of aliphatic hydroxyl groups excluding tert-OH is 1. The van der Waals surface area contributed by atoms with Crippen LogP contribution in [-0.2, 0) is 6.54 Å². The number of nitrogens with zero attached hydrogens (tertiary/aromatic N) is 2. The number of piperazine rings is 1. The minimum atomic E-state index is -0.244. The summed E-state index contributed by atoms with van der Waals surface area (Å²) in [6, 6.07) is 8.59. The van der Waals surface area contributed by atoms with E-state index in [0.717, 1.165) is 37.7 Å². The van der Waals surface area contributed by atoms with Crippen LogP contribution >= 0.6 is 11.6 Å². The van der Waals surface area contributed by atoms with Crippen LogP contribution in [0, 0.1) is 0 Å². The molecule has 19 heavy (non-hydrogen) atoms. The standard InChI is InChI=1S/C15H23ClN2O/c1-12-9-17(10-13(2)19)6-7-18(12)11-14-4-3-5-15(16)8-14/h3-5,8,12-13,19H,6-7,9-11H2,1-2H3. The zero-order valence-corrected chi connectivity index (χ0v) is 12.5. The maximum Gasteiger partial charge on any atom is 0.0639 e. The molecule has 0 spiro atoms. The summed E-state index contributed by atoms with van der Waals surface area (Å²) in [5.41, 5.74) is 1.27. The number of halogens is 1. The van der Waals surface area contributed by atoms with Gasteiger partial charge in [0.25, 0.3) is 0 Å². The lowest BCUT2D eigenvalue weighted by atomic mass is 10.1. The van der Waals surface area contributed by atoms with Gasteiger partial charge in [-0.2, -0.15) is 0 Å². The predicted octanol–water partition coefficient (Wildman–Crippen LogP) is 2.23. The van der Waals surface area contributed by atoms with Gasteiger partial charge in [-0.1, -0.05) is 23.7 Å². The molecule has 3 nitrogen and oxygen atoms in total. The quantitative estimate of drug-likeness (QED) is 0.917. The van der Waals surface area contributed by atoms with Crippen molar-refractivity contribution < 1.29 is 5.11 Å². The Morgan fingerprint density at radius 1 is 1.42 bits per heavy atom. The average Bonchev–Trinajstić information content (AvgIpc) is 2.32. The second-order valence-electron chi connectivity index (χ2n) is 5.56. The van der Waals surface area contributed by atoms with Crippen LogP contribution in [0.3, 0.4) is 0 Å². The van der Waals surface area contributed by atoms with Gasteiger partial charge in [-0.25, -0.2) is 0 Å². The molecule has 0 amide bonds. The van der Waals surface area contributed by atoms with Crippen LogP contribution in [0.2, 0.25) is 5.02 Å². The number of rotatable bonds is 4. The zero-order valence-electron chi connectivity index (χ0n) is 11.7.